The third-order valence-electron chi connectivity index (χ3n) is 6.82. The average Bonchev–Trinajstić information content (AvgIpc) is 3.11. The van der Waals surface area contributed by atoms with E-state index in [1.54, 1.807) is 6.20 Å². The van der Waals surface area contributed by atoms with Crippen LogP contribution in [-0.4, -0.2) is 35.2 Å². The van der Waals surface area contributed by atoms with E-state index in [1.165, 1.54) is 37.8 Å². The first-order chi connectivity index (χ1) is 14.6. The summed E-state index contributed by atoms with van der Waals surface area (Å²) < 4.78 is 32.3. The molecule has 30 heavy (non-hydrogen) atoms. The Hall–Kier alpha value is -2.76. The Bertz CT molecular complexity index is 955. The molecule has 0 spiro atoms. The van der Waals surface area contributed by atoms with Gasteiger partial charge < -0.3 is 9.64 Å². The van der Waals surface area contributed by atoms with Gasteiger partial charge in [-0.2, -0.15) is 0 Å². The molecule has 1 aromatic heterocycles. The lowest BCUT2D eigenvalue weighted by molar-refractivity contribution is 0.0472. The summed E-state index contributed by atoms with van der Waals surface area (Å²) in [7, 11) is 0. The van der Waals surface area contributed by atoms with Crippen LogP contribution >= 0.6 is 0 Å². The molecule has 4 nitrogen and oxygen atoms in total. The smallest absolute Gasteiger partial charge is 0.410 e. The molecule has 0 bridgehead atoms. The van der Waals surface area contributed by atoms with Crippen molar-refractivity contribution in [3.05, 3.63) is 59.9 Å². The molecule has 5 rings (SSSR count). The first-order valence-corrected chi connectivity index (χ1v) is 10.6. The topological polar surface area (TPSA) is 42.4 Å². The minimum Gasteiger partial charge on any atom is -0.447 e. The third kappa shape index (κ3) is 3.59. The molecule has 6 heteroatoms. The number of rotatable bonds is 3. The molecule has 1 aliphatic carbocycles. The summed E-state index contributed by atoms with van der Waals surface area (Å²) in [5.74, 6) is 0.153. The Balaban J connectivity index is 1.37. The molecule has 3 aliphatic rings. The predicted octanol–water partition coefficient (Wildman–Crippen LogP) is 5.30. The highest BCUT2D eigenvalue weighted by atomic mass is 19.1. The van der Waals surface area contributed by atoms with Gasteiger partial charge in [-0.1, -0.05) is 25.0 Å². The van der Waals surface area contributed by atoms with E-state index in [-0.39, 0.29) is 18.1 Å². The maximum absolute atomic E-state index is 13.5. The van der Waals surface area contributed by atoms with Gasteiger partial charge in [-0.25, -0.2) is 13.6 Å². The van der Waals surface area contributed by atoms with Gasteiger partial charge in [-0.3, -0.25) is 4.98 Å². The van der Waals surface area contributed by atoms with E-state index in [2.05, 4.69) is 11.1 Å². The number of ether oxygens (including phenoxy) is 1. The SMILES string of the molecule is O=C1OC[C@@H]2C(C=Cc3ccc(-c4cc(F)cc(F)c4)cn3)C3CCCCC3CN12. The Labute approximate surface area is 174 Å². The van der Waals surface area contributed by atoms with Gasteiger partial charge in [0.2, 0.25) is 0 Å². The number of pyridine rings is 1. The van der Waals surface area contributed by atoms with Crippen LogP contribution in [0.3, 0.4) is 0 Å². The minimum atomic E-state index is -0.605. The highest BCUT2D eigenvalue weighted by Gasteiger charge is 2.48. The van der Waals surface area contributed by atoms with E-state index in [1.807, 2.05) is 23.1 Å². The number of hydrogen-bond acceptors (Lipinski definition) is 3. The van der Waals surface area contributed by atoms with Gasteiger partial charge in [0.15, 0.2) is 0 Å². The third-order valence-corrected chi connectivity index (χ3v) is 6.82. The number of nitrogens with zero attached hydrogens (tertiary/aromatic N) is 2. The Kier molecular flexibility index (Phi) is 5.01. The number of carbonyl (C=O) groups is 1. The largest absolute Gasteiger partial charge is 0.447 e. The van der Waals surface area contributed by atoms with Crippen molar-refractivity contribution < 1.29 is 18.3 Å². The number of amides is 1. The summed E-state index contributed by atoms with van der Waals surface area (Å²) in [6.07, 6.45) is 10.5. The molecule has 2 saturated heterocycles. The van der Waals surface area contributed by atoms with E-state index in [4.69, 9.17) is 4.74 Å². The molecule has 0 N–H and O–H groups in total. The predicted molar refractivity (Wildman–Crippen MR) is 109 cm³/mol. The van der Waals surface area contributed by atoms with Crippen molar-refractivity contribution in [1.29, 1.82) is 0 Å². The fraction of sp³-hybridized carbons (Fsp3) is 0.417. The zero-order valence-electron chi connectivity index (χ0n) is 16.6. The second-order valence-electron chi connectivity index (χ2n) is 8.57. The van der Waals surface area contributed by atoms with Crippen LogP contribution in [0.5, 0.6) is 0 Å². The molecule has 1 aromatic carbocycles. The average molecular weight is 410 g/mol. The van der Waals surface area contributed by atoms with Gasteiger partial charge in [0.25, 0.3) is 0 Å². The Morgan fingerprint density at radius 3 is 2.63 bits per heavy atom. The zero-order valence-corrected chi connectivity index (χ0v) is 16.6. The second kappa shape index (κ2) is 7.82. The first-order valence-electron chi connectivity index (χ1n) is 10.6. The van der Waals surface area contributed by atoms with Crippen LogP contribution in [0.25, 0.3) is 17.2 Å². The zero-order chi connectivity index (χ0) is 20.7. The van der Waals surface area contributed by atoms with Gasteiger partial charge in [0.05, 0.1) is 11.7 Å². The van der Waals surface area contributed by atoms with Crippen LogP contribution < -0.4 is 0 Å². The molecule has 0 radical (unpaired) electrons. The molecule has 1 amide bonds. The molecular weight excluding hydrogens is 386 g/mol. The summed E-state index contributed by atoms with van der Waals surface area (Å²) >= 11 is 0. The summed E-state index contributed by atoms with van der Waals surface area (Å²) in [5, 5.41) is 0. The Morgan fingerprint density at radius 2 is 1.87 bits per heavy atom. The van der Waals surface area contributed by atoms with Gasteiger partial charge in [0.1, 0.15) is 18.2 Å². The number of aromatic nitrogens is 1. The number of cyclic esters (lactones) is 1. The number of hydrogen-bond donors (Lipinski definition) is 0. The molecule has 3 unspecified atom stereocenters. The maximum atomic E-state index is 13.5. The monoisotopic (exact) mass is 410 g/mol. The highest BCUT2D eigenvalue weighted by Crippen LogP contribution is 2.44. The summed E-state index contributed by atoms with van der Waals surface area (Å²) in [6.45, 7) is 1.27. The number of carbonyl (C=O) groups excluding carboxylic acids is 1. The quantitative estimate of drug-likeness (QED) is 0.690. The Morgan fingerprint density at radius 1 is 1.07 bits per heavy atom. The number of benzene rings is 1. The van der Waals surface area contributed by atoms with Crippen molar-refractivity contribution in [2.75, 3.05) is 13.2 Å². The molecule has 3 heterocycles. The van der Waals surface area contributed by atoms with Gasteiger partial charge >= 0.3 is 6.09 Å². The lowest BCUT2D eigenvalue weighted by Crippen LogP contribution is -2.52. The van der Waals surface area contributed by atoms with Crippen molar-refractivity contribution in [2.45, 2.75) is 31.7 Å². The van der Waals surface area contributed by atoms with Crippen LogP contribution in [0.2, 0.25) is 0 Å². The van der Waals surface area contributed by atoms with Crippen LogP contribution in [0.15, 0.2) is 42.6 Å². The molecule has 2 aliphatic heterocycles. The molecule has 1 saturated carbocycles. The molecular formula is C24H24F2N2O2. The standard InChI is InChI=1S/C24H24F2N2O2/c25-18-9-17(10-19(26)11-18)15-5-6-20(27-12-15)7-8-22-21-4-2-1-3-16(21)13-28-23(22)14-30-24(28)29/h5-12,16,21-23H,1-4,13-14H2/t16?,21?,22?,23-/m1/s1. The van der Waals surface area contributed by atoms with Crippen molar-refractivity contribution in [1.82, 2.24) is 9.88 Å². The van der Waals surface area contributed by atoms with E-state index < -0.39 is 11.6 Å². The van der Waals surface area contributed by atoms with Gasteiger partial charge in [-0.05, 0) is 54.5 Å². The number of halogens is 2. The van der Waals surface area contributed by atoms with Crippen LogP contribution in [0.1, 0.15) is 31.4 Å². The molecule has 4 atom stereocenters. The molecule has 3 fully saturated rings. The van der Waals surface area contributed by atoms with Crippen molar-refractivity contribution in [2.24, 2.45) is 17.8 Å². The fourth-order valence-corrected chi connectivity index (χ4v) is 5.38. The van der Waals surface area contributed by atoms with Crippen LogP contribution in [0.4, 0.5) is 13.6 Å². The van der Waals surface area contributed by atoms with Crippen LogP contribution in [-0.2, 0) is 4.74 Å². The van der Waals surface area contributed by atoms with E-state index in [0.717, 1.165) is 18.3 Å². The molecule has 2 aromatic rings. The van der Waals surface area contributed by atoms with E-state index >= 15 is 0 Å². The lowest BCUT2D eigenvalue weighted by atomic mass is 9.67. The van der Waals surface area contributed by atoms with Gasteiger partial charge in [0, 0.05) is 30.3 Å². The van der Waals surface area contributed by atoms with E-state index in [9.17, 15) is 13.6 Å². The highest BCUT2D eigenvalue weighted by molar-refractivity contribution is 5.70. The minimum absolute atomic E-state index is 0.0997. The van der Waals surface area contributed by atoms with Crippen molar-refractivity contribution >= 4 is 12.2 Å². The fourth-order valence-electron chi connectivity index (χ4n) is 5.38. The number of fused-ring (bicyclic) bond motifs is 2. The summed E-state index contributed by atoms with van der Waals surface area (Å²) in [5.41, 5.74) is 1.91. The molecule has 156 valence electrons. The summed E-state index contributed by atoms with van der Waals surface area (Å²) in [4.78, 5) is 18.5. The maximum Gasteiger partial charge on any atom is 0.410 e. The van der Waals surface area contributed by atoms with Crippen molar-refractivity contribution in [3.8, 4) is 11.1 Å². The summed E-state index contributed by atoms with van der Waals surface area (Å²) in [6, 6.07) is 7.22. The second-order valence-corrected chi connectivity index (χ2v) is 8.57. The lowest BCUT2D eigenvalue weighted by Gasteiger charge is -2.46. The van der Waals surface area contributed by atoms with Crippen molar-refractivity contribution in [3.63, 3.8) is 0 Å². The number of piperidine rings is 1. The van der Waals surface area contributed by atoms with Gasteiger partial charge in [-0.15, -0.1) is 0 Å². The van der Waals surface area contributed by atoms with Crippen LogP contribution in [0, 0.1) is 29.4 Å². The normalized spacial score (nSPS) is 28.3. The van der Waals surface area contributed by atoms with E-state index in [0.29, 0.717) is 29.6 Å². The first kappa shape index (κ1) is 19.2.